The van der Waals surface area contributed by atoms with E-state index in [0.29, 0.717) is 18.0 Å². The summed E-state index contributed by atoms with van der Waals surface area (Å²) < 4.78 is 15.5. The fourth-order valence-corrected chi connectivity index (χ4v) is 2.05. The number of hydrogen-bond donors (Lipinski definition) is 1. The number of rotatable bonds is 8. The molecule has 0 bridgehead atoms. The molecule has 2 aromatic rings. The first kappa shape index (κ1) is 18.3. The van der Waals surface area contributed by atoms with Gasteiger partial charge in [0.05, 0.1) is 6.61 Å². The Morgan fingerprint density at radius 3 is 2.28 bits per heavy atom. The molecule has 6 heteroatoms. The van der Waals surface area contributed by atoms with Crippen LogP contribution in [0, 0.1) is 6.92 Å². The number of hydrogen-bond acceptors (Lipinski definition) is 5. The van der Waals surface area contributed by atoms with Crippen LogP contribution in [0.25, 0.3) is 0 Å². The standard InChI is InChI=1S/C19H21NO5/c1-3-23-16-7-9-17(10-8-16)24-13-19(22)25-12-18(21)20-15-6-4-5-14(2)11-15/h4-11H,3,12-13H2,1-2H3,(H,20,21). The summed E-state index contributed by atoms with van der Waals surface area (Å²) >= 11 is 0. The predicted molar refractivity (Wildman–Crippen MR) is 93.9 cm³/mol. The molecule has 0 heterocycles. The number of anilines is 1. The fourth-order valence-electron chi connectivity index (χ4n) is 2.05. The zero-order valence-electron chi connectivity index (χ0n) is 14.3. The van der Waals surface area contributed by atoms with Crippen molar-refractivity contribution in [2.45, 2.75) is 13.8 Å². The van der Waals surface area contributed by atoms with Crippen LogP contribution in [-0.4, -0.2) is 31.7 Å². The Bertz CT molecular complexity index is 712. The molecule has 0 saturated carbocycles. The molecule has 2 rings (SSSR count). The zero-order chi connectivity index (χ0) is 18.1. The second-order valence-electron chi connectivity index (χ2n) is 5.27. The van der Waals surface area contributed by atoms with Gasteiger partial charge in [0, 0.05) is 5.69 Å². The minimum absolute atomic E-state index is 0.272. The molecule has 1 N–H and O–H groups in total. The van der Waals surface area contributed by atoms with Crippen LogP contribution in [0.1, 0.15) is 12.5 Å². The summed E-state index contributed by atoms with van der Waals surface area (Å²) in [5, 5.41) is 2.66. The van der Waals surface area contributed by atoms with Crippen LogP contribution in [0.2, 0.25) is 0 Å². The number of amides is 1. The number of carbonyl (C=O) groups is 2. The van der Waals surface area contributed by atoms with E-state index in [-0.39, 0.29) is 13.2 Å². The first-order valence-corrected chi connectivity index (χ1v) is 7.94. The topological polar surface area (TPSA) is 73.9 Å². The van der Waals surface area contributed by atoms with Crippen LogP contribution in [-0.2, 0) is 14.3 Å². The van der Waals surface area contributed by atoms with Gasteiger partial charge in [-0.05, 0) is 55.8 Å². The molecule has 0 radical (unpaired) electrons. The summed E-state index contributed by atoms with van der Waals surface area (Å²) in [6.45, 7) is 3.77. The van der Waals surface area contributed by atoms with Crippen molar-refractivity contribution in [1.82, 2.24) is 0 Å². The molecule has 132 valence electrons. The van der Waals surface area contributed by atoms with Gasteiger partial charge >= 0.3 is 5.97 Å². The second-order valence-corrected chi connectivity index (χ2v) is 5.27. The van der Waals surface area contributed by atoms with E-state index < -0.39 is 11.9 Å². The molecule has 25 heavy (non-hydrogen) atoms. The average molecular weight is 343 g/mol. The van der Waals surface area contributed by atoms with Gasteiger partial charge in [-0.3, -0.25) is 4.79 Å². The first-order valence-electron chi connectivity index (χ1n) is 7.94. The van der Waals surface area contributed by atoms with Crippen molar-refractivity contribution in [1.29, 1.82) is 0 Å². The van der Waals surface area contributed by atoms with Crippen molar-refractivity contribution in [2.24, 2.45) is 0 Å². The summed E-state index contributed by atoms with van der Waals surface area (Å²) in [5.74, 6) is 0.225. The highest BCUT2D eigenvalue weighted by Crippen LogP contribution is 2.17. The summed E-state index contributed by atoms with van der Waals surface area (Å²) in [5.41, 5.74) is 1.69. The van der Waals surface area contributed by atoms with Crippen LogP contribution in [0.3, 0.4) is 0 Å². The third-order valence-electron chi connectivity index (χ3n) is 3.16. The highest BCUT2D eigenvalue weighted by Gasteiger charge is 2.09. The van der Waals surface area contributed by atoms with Gasteiger partial charge in [-0.1, -0.05) is 12.1 Å². The van der Waals surface area contributed by atoms with Crippen molar-refractivity contribution >= 4 is 17.6 Å². The van der Waals surface area contributed by atoms with Crippen molar-refractivity contribution in [2.75, 3.05) is 25.1 Å². The molecule has 0 aliphatic heterocycles. The maximum Gasteiger partial charge on any atom is 0.344 e. The number of esters is 1. The lowest BCUT2D eigenvalue weighted by molar-refractivity contribution is -0.149. The van der Waals surface area contributed by atoms with Gasteiger partial charge in [0.1, 0.15) is 11.5 Å². The molecule has 0 saturated heterocycles. The highest BCUT2D eigenvalue weighted by molar-refractivity contribution is 5.92. The lowest BCUT2D eigenvalue weighted by Crippen LogP contribution is -2.23. The summed E-state index contributed by atoms with van der Waals surface area (Å²) in [7, 11) is 0. The minimum Gasteiger partial charge on any atom is -0.494 e. The Morgan fingerprint density at radius 2 is 1.64 bits per heavy atom. The molecule has 0 spiro atoms. The minimum atomic E-state index is -0.617. The molecule has 1 amide bonds. The third kappa shape index (κ3) is 6.55. The molecule has 0 unspecified atom stereocenters. The quantitative estimate of drug-likeness (QED) is 0.746. The SMILES string of the molecule is CCOc1ccc(OCC(=O)OCC(=O)Nc2cccc(C)c2)cc1. The summed E-state index contributed by atoms with van der Waals surface area (Å²) in [6.07, 6.45) is 0. The number of benzene rings is 2. The number of carbonyl (C=O) groups excluding carboxylic acids is 2. The molecular formula is C19H21NO5. The van der Waals surface area contributed by atoms with E-state index in [1.165, 1.54) is 0 Å². The second kappa shape index (κ2) is 9.32. The first-order chi connectivity index (χ1) is 12.1. The van der Waals surface area contributed by atoms with E-state index in [0.717, 1.165) is 11.3 Å². The van der Waals surface area contributed by atoms with Gasteiger partial charge in [-0.2, -0.15) is 0 Å². The Labute approximate surface area is 146 Å². The van der Waals surface area contributed by atoms with Crippen LogP contribution in [0.4, 0.5) is 5.69 Å². The predicted octanol–water partition coefficient (Wildman–Crippen LogP) is 2.95. The normalized spacial score (nSPS) is 10.0. The van der Waals surface area contributed by atoms with Gasteiger partial charge in [0.2, 0.25) is 0 Å². The maximum absolute atomic E-state index is 11.8. The van der Waals surface area contributed by atoms with E-state index in [9.17, 15) is 9.59 Å². The van der Waals surface area contributed by atoms with Crippen molar-refractivity contribution < 1.29 is 23.8 Å². The van der Waals surface area contributed by atoms with Crippen molar-refractivity contribution in [3.8, 4) is 11.5 Å². The van der Waals surface area contributed by atoms with Crippen LogP contribution in [0.15, 0.2) is 48.5 Å². The number of nitrogens with one attached hydrogen (secondary N) is 1. The zero-order valence-corrected chi connectivity index (χ0v) is 14.3. The Kier molecular flexibility index (Phi) is 6.83. The third-order valence-corrected chi connectivity index (χ3v) is 3.16. The summed E-state index contributed by atoms with van der Waals surface area (Å²) in [6, 6.07) is 14.2. The molecule has 2 aromatic carbocycles. The largest absolute Gasteiger partial charge is 0.494 e. The van der Waals surface area contributed by atoms with Crippen LogP contribution >= 0.6 is 0 Å². The maximum atomic E-state index is 11.8. The van der Waals surface area contributed by atoms with E-state index >= 15 is 0 Å². The van der Waals surface area contributed by atoms with Crippen molar-refractivity contribution in [3.63, 3.8) is 0 Å². The molecule has 0 aliphatic rings. The Hall–Kier alpha value is -3.02. The highest BCUT2D eigenvalue weighted by atomic mass is 16.6. The number of ether oxygens (including phenoxy) is 3. The van der Waals surface area contributed by atoms with Gasteiger partial charge < -0.3 is 19.5 Å². The van der Waals surface area contributed by atoms with E-state index in [1.54, 1.807) is 30.3 Å². The fraction of sp³-hybridized carbons (Fsp3) is 0.263. The molecule has 0 aliphatic carbocycles. The molecule has 6 nitrogen and oxygen atoms in total. The Balaban J connectivity index is 1.70. The smallest absolute Gasteiger partial charge is 0.344 e. The van der Waals surface area contributed by atoms with E-state index in [2.05, 4.69) is 5.32 Å². The average Bonchev–Trinajstić information content (AvgIpc) is 2.60. The van der Waals surface area contributed by atoms with Gasteiger partial charge in [0.15, 0.2) is 13.2 Å². The van der Waals surface area contributed by atoms with Crippen molar-refractivity contribution in [3.05, 3.63) is 54.1 Å². The monoisotopic (exact) mass is 343 g/mol. The van der Waals surface area contributed by atoms with Gasteiger partial charge in [-0.25, -0.2) is 4.79 Å². The van der Waals surface area contributed by atoms with E-state index in [1.807, 2.05) is 32.0 Å². The number of aryl methyl sites for hydroxylation is 1. The van der Waals surface area contributed by atoms with Gasteiger partial charge in [-0.15, -0.1) is 0 Å². The molecule has 0 atom stereocenters. The van der Waals surface area contributed by atoms with Crippen LogP contribution in [0.5, 0.6) is 11.5 Å². The van der Waals surface area contributed by atoms with Crippen LogP contribution < -0.4 is 14.8 Å². The Morgan fingerprint density at radius 1 is 0.960 bits per heavy atom. The van der Waals surface area contributed by atoms with E-state index in [4.69, 9.17) is 14.2 Å². The molecule has 0 fully saturated rings. The lowest BCUT2D eigenvalue weighted by Gasteiger charge is -2.09. The van der Waals surface area contributed by atoms with Gasteiger partial charge in [0.25, 0.3) is 5.91 Å². The summed E-state index contributed by atoms with van der Waals surface area (Å²) in [4.78, 5) is 23.4. The molecular weight excluding hydrogens is 322 g/mol. The lowest BCUT2D eigenvalue weighted by atomic mass is 10.2. The molecule has 0 aromatic heterocycles.